The summed E-state index contributed by atoms with van der Waals surface area (Å²) in [6.45, 7) is 2.77. The van der Waals surface area contributed by atoms with E-state index in [1.165, 1.54) is 19.9 Å². The molecule has 0 saturated carbocycles. The lowest BCUT2D eigenvalue weighted by Gasteiger charge is -2.13. The molecule has 2 nitrogen and oxygen atoms in total. The number of halogens is 4. The zero-order valence-electron chi connectivity index (χ0n) is 8.48. The van der Waals surface area contributed by atoms with Crippen molar-refractivity contribution in [3.05, 3.63) is 28.3 Å². The normalized spacial score (nSPS) is 11.4. The number of hydrogen-bond donors (Lipinski definition) is 0. The average Bonchev–Trinajstić information content (AvgIpc) is 2.10. The third-order valence-electron chi connectivity index (χ3n) is 1.96. The highest BCUT2D eigenvalue weighted by Crippen LogP contribution is 2.34. The van der Waals surface area contributed by atoms with Crippen LogP contribution in [0.1, 0.15) is 22.8 Å². The molecule has 16 heavy (non-hydrogen) atoms. The Morgan fingerprint density at radius 2 is 1.94 bits per heavy atom. The first kappa shape index (κ1) is 12.8. The van der Waals surface area contributed by atoms with Crippen LogP contribution >= 0.6 is 11.6 Å². The summed E-state index contributed by atoms with van der Waals surface area (Å²) in [5.74, 6) is -0.769. The molecule has 0 aliphatic heterocycles. The Bertz CT molecular complexity index is 427. The molecule has 0 heterocycles. The van der Waals surface area contributed by atoms with Gasteiger partial charge in [-0.05, 0) is 31.5 Å². The molecule has 6 heteroatoms. The van der Waals surface area contributed by atoms with Crippen molar-refractivity contribution in [1.29, 1.82) is 0 Å². The molecule has 1 rings (SSSR count). The lowest BCUT2D eigenvalue weighted by atomic mass is 10.1. The van der Waals surface area contributed by atoms with E-state index in [1.54, 1.807) is 0 Å². The summed E-state index contributed by atoms with van der Waals surface area (Å²) in [4.78, 5) is 11.1. The Hall–Kier alpha value is -1.23. The summed E-state index contributed by atoms with van der Waals surface area (Å²) in [6.07, 6.45) is -4.80. The van der Waals surface area contributed by atoms with Crippen LogP contribution < -0.4 is 4.74 Å². The van der Waals surface area contributed by atoms with Gasteiger partial charge in [-0.3, -0.25) is 4.79 Å². The Balaban J connectivity index is 3.17. The molecule has 0 N–H and O–H groups in total. The standard InChI is InChI=1S/C10H8ClF3O2/c1-5-7(6(2)15)3-4-8(9(5)11)16-10(12,13)14/h3-4H,1-2H3. The van der Waals surface area contributed by atoms with E-state index in [-0.39, 0.29) is 21.9 Å². The monoisotopic (exact) mass is 252 g/mol. The van der Waals surface area contributed by atoms with Crippen LogP contribution in [0.2, 0.25) is 5.02 Å². The second kappa shape index (κ2) is 4.33. The van der Waals surface area contributed by atoms with Crippen LogP contribution in [0, 0.1) is 6.92 Å². The zero-order chi connectivity index (χ0) is 12.5. The van der Waals surface area contributed by atoms with E-state index >= 15 is 0 Å². The first-order valence-corrected chi connectivity index (χ1v) is 4.66. The second-order valence-corrected chi connectivity index (χ2v) is 3.53. The van der Waals surface area contributed by atoms with E-state index in [1.807, 2.05) is 0 Å². The molecule has 0 radical (unpaired) electrons. The number of ether oxygens (including phenoxy) is 1. The maximum atomic E-state index is 12.0. The molecular formula is C10H8ClF3O2. The summed E-state index contributed by atoms with van der Waals surface area (Å²) in [6, 6.07) is 2.28. The number of hydrogen-bond acceptors (Lipinski definition) is 2. The predicted molar refractivity (Wildman–Crippen MR) is 52.9 cm³/mol. The number of carbonyl (C=O) groups excluding carboxylic acids is 1. The van der Waals surface area contributed by atoms with Gasteiger partial charge in [-0.15, -0.1) is 13.2 Å². The maximum Gasteiger partial charge on any atom is 0.573 e. The van der Waals surface area contributed by atoms with Crippen molar-refractivity contribution in [2.24, 2.45) is 0 Å². The molecule has 0 aliphatic carbocycles. The minimum atomic E-state index is -4.80. The lowest BCUT2D eigenvalue weighted by Crippen LogP contribution is -2.17. The summed E-state index contributed by atoms with van der Waals surface area (Å²) in [5.41, 5.74) is 0.551. The minimum absolute atomic E-state index is 0.204. The van der Waals surface area contributed by atoms with Crippen LogP contribution in [0.15, 0.2) is 12.1 Å². The van der Waals surface area contributed by atoms with Gasteiger partial charge in [0.15, 0.2) is 5.78 Å². The molecule has 0 aliphatic rings. The highest BCUT2D eigenvalue weighted by Gasteiger charge is 2.32. The fourth-order valence-corrected chi connectivity index (χ4v) is 1.45. The smallest absolute Gasteiger partial charge is 0.404 e. The van der Waals surface area contributed by atoms with Crippen LogP contribution in [0.5, 0.6) is 5.75 Å². The van der Waals surface area contributed by atoms with Crippen LogP contribution in [0.3, 0.4) is 0 Å². The molecular weight excluding hydrogens is 245 g/mol. The topological polar surface area (TPSA) is 26.3 Å². The van der Waals surface area contributed by atoms with E-state index in [2.05, 4.69) is 4.74 Å². The third-order valence-corrected chi connectivity index (χ3v) is 2.43. The third kappa shape index (κ3) is 2.88. The van der Waals surface area contributed by atoms with E-state index in [9.17, 15) is 18.0 Å². The number of carbonyl (C=O) groups is 1. The molecule has 0 fully saturated rings. The average molecular weight is 253 g/mol. The van der Waals surface area contributed by atoms with E-state index < -0.39 is 12.1 Å². The van der Waals surface area contributed by atoms with Crippen molar-refractivity contribution < 1.29 is 22.7 Å². The van der Waals surface area contributed by atoms with Gasteiger partial charge >= 0.3 is 6.36 Å². The van der Waals surface area contributed by atoms with Crippen LogP contribution in [-0.4, -0.2) is 12.1 Å². The van der Waals surface area contributed by atoms with Crippen molar-refractivity contribution in [3.63, 3.8) is 0 Å². The zero-order valence-corrected chi connectivity index (χ0v) is 9.24. The molecule has 0 unspecified atom stereocenters. The largest absolute Gasteiger partial charge is 0.573 e. The summed E-state index contributed by atoms with van der Waals surface area (Å²) >= 11 is 5.67. The van der Waals surface area contributed by atoms with E-state index in [0.29, 0.717) is 0 Å². The Kier molecular flexibility index (Phi) is 3.48. The molecule has 1 aromatic carbocycles. The number of benzene rings is 1. The first-order valence-electron chi connectivity index (χ1n) is 4.28. The van der Waals surface area contributed by atoms with Crippen LogP contribution in [-0.2, 0) is 0 Å². The highest BCUT2D eigenvalue weighted by molar-refractivity contribution is 6.33. The summed E-state index contributed by atoms with van der Waals surface area (Å²) in [7, 11) is 0. The van der Waals surface area contributed by atoms with Crippen LogP contribution in [0.4, 0.5) is 13.2 Å². The van der Waals surface area contributed by atoms with Gasteiger partial charge in [-0.2, -0.15) is 0 Å². The van der Waals surface area contributed by atoms with Crippen LogP contribution in [0.25, 0.3) is 0 Å². The van der Waals surface area contributed by atoms with Crippen molar-refractivity contribution >= 4 is 17.4 Å². The van der Waals surface area contributed by atoms with Gasteiger partial charge in [0.05, 0.1) is 5.02 Å². The van der Waals surface area contributed by atoms with Gasteiger partial charge in [-0.1, -0.05) is 11.6 Å². The summed E-state index contributed by atoms with van der Waals surface area (Å²) in [5, 5.41) is -0.204. The molecule has 0 aromatic heterocycles. The molecule has 0 atom stereocenters. The second-order valence-electron chi connectivity index (χ2n) is 3.15. The maximum absolute atomic E-state index is 12.0. The van der Waals surface area contributed by atoms with Gasteiger partial charge in [0.1, 0.15) is 5.75 Å². The number of Topliss-reactive ketones (excluding diaryl/α,β-unsaturated/α-hetero) is 1. The van der Waals surface area contributed by atoms with Crippen molar-refractivity contribution in [2.45, 2.75) is 20.2 Å². The molecule has 88 valence electrons. The Morgan fingerprint density at radius 1 is 1.38 bits per heavy atom. The lowest BCUT2D eigenvalue weighted by molar-refractivity contribution is -0.274. The van der Waals surface area contributed by atoms with Gasteiger partial charge in [0.2, 0.25) is 0 Å². The van der Waals surface area contributed by atoms with Crippen molar-refractivity contribution in [1.82, 2.24) is 0 Å². The van der Waals surface area contributed by atoms with E-state index in [4.69, 9.17) is 11.6 Å². The van der Waals surface area contributed by atoms with E-state index in [0.717, 1.165) is 6.07 Å². The fourth-order valence-electron chi connectivity index (χ4n) is 1.25. The Morgan fingerprint density at radius 3 is 2.38 bits per heavy atom. The predicted octanol–water partition coefficient (Wildman–Crippen LogP) is 3.75. The van der Waals surface area contributed by atoms with Gasteiger partial charge < -0.3 is 4.74 Å². The molecule has 0 bridgehead atoms. The molecule has 1 aromatic rings. The van der Waals surface area contributed by atoms with Gasteiger partial charge in [0.25, 0.3) is 0 Å². The quantitative estimate of drug-likeness (QED) is 0.750. The molecule has 0 amide bonds. The summed E-state index contributed by atoms with van der Waals surface area (Å²) < 4.78 is 39.6. The highest BCUT2D eigenvalue weighted by atomic mass is 35.5. The molecule has 0 spiro atoms. The van der Waals surface area contributed by atoms with Crippen molar-refractivity contribution in [2.75, 3.05) is 0 Å². The van der Waals surface area contributed by atoms with Gasteiger partial charge in [0, 0.05) is 5.56 Å². The minimum Gasteiger partial charge on any atom is -0.404 e. The first-order chi connectivity index (χ1) is 7.22. The number of rotatable bonds is 2. The molecule has 0 saturated heterocycles. The number of ketones is 1. The Labute approximate surface area is 95.0 Å². The number of alkyl halides is 3. The SMILES string of the molecule is CC(=O)c1ccc(OC(F)(F)F)c(Cl)c1C. The van der Waals surface area contributed by atoms with Crippen molar-refractivity contribution in [3.8, 4) is 5.75 Å². The fraction of sp³-hybridized carbons (Fsp3) is 0.300. The van der Waals surface area contributed by atoms with Gasteiger partial charge in [-0.25, -0.2) is 0 Å².